The first-order chi connectivity index (χ1) is 22.0. The third kappa shape index (κ3) is 7.53. The number of hydrogen-bond acceptors (Lipinski definition) is 21. The highest BCUT2D eigenvalue weighted by Gasteiger charge is 2.56. The normalized spacial score (nSPS) is 51.0. The molecule has 4 saturated heterocycles. The predicted molar refractivity (Wildman–Crippen MR) is 135 cm³/mol. The lowest BCUT2D eigenvalue weighted by atomic mass is 9.95. The van der Waals surface area contributed by atoms with Gasteiger partial charge in [0.1, 0.15) is 85.5 Å². The van der Waals surface area contributed by atoms with Crippen LogP contribution in [0.1, 0.15) is 0 Å². The molecule has 23 heteroatoms. The van der Waals surface area contributed by atoms with Gasteiger partial charge in [-0.25, -0.2) is 9.59 Å². The smallest absolute Gasteiger partial charge is 0.335 e. The molecule has 4 fully saturated rings. The number of ether oxygens (including phenoxy) is 7. The Hall–Kier alpha value is -1.82. The van der Waals surface area contributed by atoms with E-state index in [1.54, 1.807) is 0 Å². The van der Waals surface area contributed by atoms with Crippen LogP contribution in [0.15, 0.2) is 0 Å². The Kier molecular flexibility index (Phi) is 12.4. The minimum Gasteiger partial charge on any atom is -0.479 e. The van der Waals surface area contributed by atoms with Crippen molar-refractivity contribution >= 4 is 11.9 Å². The van der Waals surface area contributed by atoms with E-state index in [0.717, 1.165) is 0 Å². The van der Waals surface area contributed by atoms with Crippen molar-refractivity contribution in [2.24, 2.45) is 0 Å². The molecule has 14 N–H and O–H groups in total. The minimum absolute atomic E-state index is 0.912. The van der Waals surface area contributed by atoms with Gasteiger partial charge in [0.15, 0.2) is 37.4 Å². The second-order valence-corrected chi connectivity index (χ2v) is 11.2. The van der Waals surface area contributed by atoms with E-state index in [9.17, 15) is 81.1 Å². The fourth-order valence-corrected chi connectivity index (χ4v) is 5.51. The maximum atomic E-state index is 11.9. The molecule has 0 aromatic heterocycles. The van der Waals surface area contributed by atoms with Crippen LogP contribution in [0, 0.1) is 0 Å². The third-order valence-corrected chi connectivity index (χ3v) is 8.13. The lowest BCUT2D eigenvalue weighted by molar-refractivity contribution is -0.385. The van der Waals surface area contributed by atoms with Crippen molar-refractivity contribution in [1.82, 2.24) is 0 Å². The molecule has 20 atom stereocenters. The highest BCUT2D eigenvalue weighted by atomic mass is 16.8. The Morgan fingerprint density at radius 1 is 0.447 bits per heavy atom. The summed E-state index contributed by atoms with van der Waals surface area (Å²) in [6.07, 6.45) is -40.7. The summed E-state index contributed by atoms with van der Waals surface area (Å²) in [6.45, 7) is -1.95. The van der Waals surface area contributed by atoms with E-state index in [4.69, 9.17) is 33.2 Å². The lowest BCUT2D eigenvalue weighted by Crippen LogP contribution is -2.68. The minimum atomic E-state index is -2.25. The van der Waals surface area contributed by atoms with Crippen molar-refractivity contribution in [1.29, 1.82) is 0 Å². The maximum Gasteiger partial charge on any atom is 0.335 e. The Labute approximate surface area is 262 Å². The van der Waals surface area contributed by atoms with Gasteiger partial charge in [-0.3, -0.25) is 0 Å². The molecule has 272 valence electrons. The van der Waals surface area contributed by atoms with Crippen LogP contribution in [0.3, 0.4) is 0 Å². The Balaban J connectivity index is 1.51. The van der Waals surface area contributed by atoms with E-state index in [2.05, 4.69) is 0 Å². The maximum absolute atomic E-state index is 11.9. The molecule has 0 saturated carbocycles. The molecule has 0 radical (unpaired) electrons. The van der Waals surface area contributed by atoms with Gasteiger partial charge in [0.05, 0.1) is 13.2 Å². The Morgan fingerprint density at radius 3 is 1.36 bits per heavy atom. The summed E-state index contributed by atoms with van der Waals surface area (Å²) in [6, 6.07) is 0. The van der Waals surface area contributed by atoms with Crippen molar-refractivity contribution in [3.05, 3.63) is 0 Å². The molecule has 47 heavy (non-hydrogen) atoms. The van der Waals surface area contributed by atoms with Crippen molar-refractivity contribution in [2.45, 2.75) is 123 Å². The molecular weight excluding hydrogens is 656 g/mol. The summed E-state index contributed by atoms with van der Waals surface area (Å²) in [4.78, 5) is 23.3. The van der Waals surface area contributed by atoms with Gasteiger partial charge < -0.3 is 105 Å². The summed E-state index contributed by atoms with van der Waals surface area (Å²) in [5.41, 5.74) is 0. The molecule has 4 rings (SSSR count). The van der Waals surface area contributed by atoms with Crippen LogP contribution in [0.4, 0.5) is 0 Å². The quantitative estimate of drug-likeness (QED) is 0.101. The van der Waals surface area contributed by atoms with E-state index in [1.165, 1.54) is 0 Å². The SMILES string of the molecule is O=C(O)C1OC(O[C@@H]2C(CO)O[C@@H](OC3C(O)[C@H](OC4C(CO)O[C@@H](O)C(O)[C@@H]4O)OC(C(=O)O)[C@@H]3O)C(O)C2O)[C@@H](O)C(O)[C@@H]1O. The van der Waals surface area contributed by atoms with Crippen LogP contribution in [0.2, 0.25) is 0 Å². The van der Waals surface area contributed by atoms with Crippen LogP contribution < -0.4 is 0 Å². The number of carboxylic acids is 2. The number of aliphatic carboxylic acids is 2. The van der Waals surface area contributed by atoms with E-state index < -0.39 is 148 Å². The first-order valence-electron chi connectivity index (χ1n) is 14.1. The summed E-state index contributed by atoms with van der Waals surface area (Å²) >= 11 is 0. The average Bonchev–Trinajstić information content (AvgIpc) is 3.03. The van der Waals surface area contributed by atoms with Crippen molar-refractivity contribution < 1.29 is 114 Å². The van der Waals surface area contributed by atoms with Crippen molar-refractivity contribution in [3.63, 3.8) is 0 Å². The molecule has 4 aliphatic heterocycles. The molecule has 0 aromatic rings. The zero-order chi connectivity index (χ0) is 35.1. The third-order valence-electron chi connectivity index (χ3n) is 8.13. The fourth-order valence-electron chi connectivity index (χ4n) is 5.51. The second kappa shape index (κ2) is 15.4. The van der Waals surface area contributed by atoms with Crippen LogP contribution in [0.25, 0.3) is 0 Å². The first kappa shape index (κ1) is 38.0. The standard InChI is InChI=1S/C24H38O23/c25-1-3-14(7(29)9(31)21(40)41-3)44-24-13(35)16(12(34)18(47-24)20(38)39)45-22-11(33)8(30)15(4(2-26)42-22)43-23-10(32)5(27)6(28)17(46-23)19(36)37/h3-18,21-35,40H,1-2H2,(H,36,37)(H,38,39)/t3?,4?,5?,6-,7-,8?,9?,10-,11?,12+,13?,14?,15+,16?,17?,18?,21+,22-,23?,24+/m0/s1. The van der Waals surface area contributed by atoms with Gasteiger partial charge in [-0.15, -0.1) is 0 Å². The van der Waals surface area contributed by atoms with Crippen LogP contribution in [0.5, 0.6) is 0 Å². The van der Waals surface area contributed by atoms with Crippen molar-refractivity contribution in [2.75, 3.05) is 13.2 Å². The number of carbonyl (C=O) groups is 2. The van der Waals surface area contributed by atoms with Gasteiger partial charge in [-0.2, -0.15) is 0 Å². The number of aliphatic hydroxyl groups excluding tert-OH is 12. The number of hydrogen-bond donors (Lipinski definition) is 14. The van der Waals surface area contributed by atoms with Gasteiger partial charge in [0.25, 0.3) is 0 Å². The summed E-state index contributed by atoms with van der Waals surface area (Å²) in [7, 11) is 0. The number of carboxylic acid groups (broad SMARTS) is 2. The molecule has 0 spiro atoms. The summed E-state index contributed by atoms with van der Waals surface area (Å²) in [5, 5.41) is 142. The molecule has 0 aromatic carbocycles. The van der Waals surface area contributed by atoms with Crippen LogP contribution >= 0.6 is 0 Å². The van der Waals surface area contributed by atoms with Gasteiger partial charge in [0, 0.05) is 0 Å². The van der Waals surface area contributed by atoms with E-state index in [1.807, 2.05) is 0 Å². The lowest BCUT2D eigenvalue weighted by Gasteiger charge is -2.48. The Morgan fingerprint density at radius 2 is 0.851 bits per heavy atom. The molecule has 0 amide bonds. The largest absolute Gasteiger partial charge is 0.479 e. The first-order valence-corrected chi connectivity index (χ1v) is 14.1. The topological polar surface area (TPSA) is 382 Å². The zero-order valence-electron chi connectivity index (χ0n) is 23.9. The molecular formula is C24H38O23. The van der Waals surface area contributed by atoms with E-state index in [-0.39, 0.29) is 0 Å². The fraction of sp³-hybridized carbons (Fsp3) is 0.917. The highest BCUT2D eigenvalue weighted by molar-refractivity contribution is 5.73. The van der Waals surface area contributed by atoms with Gasteiger partial charge in [-0.05, 0) is 0 Å². The van der Waals surface area contributed by atoms with Crippen LogP contribution in [-0.4, -0.2) is 219 Å². The average molecular weight is 695 g/mol. The molecule has 4 aliphatic rings. The number of aliphatic hydroxyl groups is 12. The second-order valence-electron chi connectivity index (χ2n) is 11.2. The Bertz CT molecular complexity index is 1060. The van der Waals surface area contributed by atoms with Crippen molar-refractivity contribution in [3.8, 4) is 0 Å². The van der Waals surface area contributed by atoms with Gasteiger partial charge in [0.2, 0.25) is 0 Å². The van der Waals surface area contributed by atoms with Crippen LogP contribution in [-0.2, 0) is 42.7 Å². The monoisotopic (exact) mass is 694 g/mol. The summed E-state index contributed by atoms with van der Waals surface area (Å²) in [5.74, 6) is -3.59. The molecule has 12 unspecified atom stereocenters. The predicted octanol–water partition coefficient (Wildman–Crippen LogP) is -9.56. The van der Waals surface area contributed by atoms with Gasteiger partial charge in [-0.1, -0.05) is 0 Å². The highest BCUT2D eigenvalue weighted by Crippen LogP contribution is 2.34. The number of rotatable bonds is 10. The zero-order valence-corrected chi connectivity index (χ0v) is 23.9. The molecule has 0 aliphatic carbocycles. The molecule has 0 bridgehead atoms. The summed E-state index contributed by atoms with van der Waals surface area (Å²) < 4.78 is 36.6. The van der Waals surface area contributed by atoms with E-state index in [0.29, 0.717) is 0 Å². The van der Waals surface area contributed by atoms with E-state index >= 15 is 0 Å². The molecule has 23 nitrogen and oxygen atoms in total. The molecule has 4 heterocycles. The van der Waals surface area contributed by atoms with Gasteiger partial charge >= 0.3 is 11.9 Å².